The second-order valence-corrected chi connectivity index (χ2v) is 11.4. The molecule has 0 atom stereocenters. The summed E-state index contributed by atoms with van der Waals surface area (Å²) in [6.07, 6.45) is 0. The maximum Gasteiger partial charge on any atom is 0.264 e. The Morgan fingerprint density at radius 1 is 0.971 bits per heavy atom. The lowest BCUT2D eigenvalue weighted by molar-refractivity contribution is -0.114. The van der Waals surface area contributed by atoms with Gasteiger partial charge in [0.05, 0.1) is 20.6 Å². The Morgan fingerprint density at radius 3 is 2.34 bits per heavy atom. The van der Waals surface area contributed by atoms with Crippen molar-refractivity contribution in [2.45, 2.75) is 11.8 Å². The van der Waals surface area contributed by atoms with Crippen molar-refractivity contribution in [2.75, 3.05) is 16.2 Å². The van der Waals surface area contributed by atoms with Gasteiger partial charge in [-0.1, -0.05) is 82.0 Å². The number of sulfonamides is 1. The van der Waals surface area contributed by atoms with Gasteiger partial charge < -0.3 is 0 Å². The number of benzene rings is 3. The molecule has 0 saturated carbocycles. The summed E-state index contributed by atoms with van der Waals surface area (Å²) in [6.45, 7) is 1.28. The fraction of sp³-hybridized carbons (Fsp3) is 0.0870. The predicted octanol–water partition coefficient (Wildman–Crippen LogP) is 6.31. The average Bonchev–Trinajstić information content (AvgIpc) is 3.28. The molecule has 1 heterocycles. The lowest BCUT2D eigenvalue weighted by Gasteiger charge is -2.25. The van der Waals surface area contributed by atoms with Crippen LogP contribution in [0, 0.1) is 6.92 Å². The second kappa shape index (κ2) is 10.5. The Bertz CT molecular complexity index is 1470. The summed E-state index contributed by atoms with van der Waals surface area (Å²) in [5.74, 6) is -0.629. The quantitative estimate of drug-likeness (QED) is 0.283. The van der Waals surface area contributed by atoms with Gasteiger partial charge in [0, 0.05) is 10.6 Å². The van der Waals surface area contributed by atoms with Crippen LogP contribution in [0.1, 0.15) is 5.56 Å². The molecule has 1 aromatic heterocycles. The first-order valence-electron chi connectivity index (χ1n) is 10.1. The van der Waals surface area contributed by atoms with Crippen LogP contribution >= 0.6 is 46.1 Å². The molecule has 0 unspecified atom stereocenters. The molecule has 4 aromatic rings. The molecule has 0 spiro atoms. The number of nitrogens with zero attached hydrogens (tertiary/aromatic N) is 3. The molecule has 7 nitrogen and oxygen atoms in total. The summed E-state index contributed by atoms with van der Waals surface area (Å²) in [4.78, 5) is 13.0. The SMILES string of the molecule is Cc1ccc(S(=O)(=O)N(CC(=O)Nc2nnc(-c3ccc(Cl)cc3)s2)c2cccc(Cl)c2Cl)cc1. The monoisotopic (exact) mass is 566 g/mol. The van der Waals surface area contributed by atoms with Crippen molar-refractivity contribution in [3.05, 3.63) is 87.4 Å². The summed E-state index contributed by atoms with van der Waals surface area (Å²) in [5.41, 5.74) is 1.75. The summed E-state index contributed by atoms with van der Waals surface area (Å²) >= 11 is 19.5. The van der Waals surface area contributed by atoms with Crippen molar-refractivity contribution in [1.82, 2.24) is 10.2 Å². The van der Waals surface area contributed by atoms with Gasteiger partial charge >= 0.3 is 0 Å². The van der Waals surface area contributed by atoms with Gasteiger partial charge in [0.25, 0.3) is 10.0 Å². The number of aryl methyl sites for hydroxylation is 1. The van der Waals surface area contributed by atoms with E-state index in [1.807, 2.05) is 6.92 Å². The van der Waals surface area contributed by atoms with Crippen LogP contribution < -0.4 is 9.62 Å². The topological polar surface area (TPSA) is 92.3 Å². The zero-order valence-electron chi connectivity index (χ0n) is 18.1. The van der Waals surface area contributed by atoms with Crippen LogP contribution in [-0.4, -0.2) is 31.1 Å². The van der Waals surface area contributed by atoms with Gasteiger partial charge in [-0.3, -0.25) is 14.4 Å². The van der Waals surface area contributed by atoms with Gasteiger partial charge in [-0.05, 0) is 43.3 Å². The maximum absolute atomic E-state index is 13.5. The second-order valence-electron chi connectivity index (χ2n) is 7.37. The Labute approximate surface area is 221 Å². The van der Waals surface area contributed by atoms with Crippen molar-refractivity contribution in [3.8, 4) is 10.6 Å². The zero-order valence-corrected chi connectivity index (χ0v) is 22.0. The summed E-state index contributed by atoms with van der Waals surface area (Å²) in [7, 11) is -4.16. The van der Waals surface area contributed by atoms with E-state index >= 15 is 0 Å². The highest BCUT2D eigenvalue weighted by molar-refractivity contribution is 7.92. The average molecular weight is 568 g/mol. The number of nitrogens with one attached hydrogen (secondary N) is 1. The van der Waals surface area contributed by atoms with E-state index in [0.29, 0.717) is 10.0 Å². The first-order chi connectivity index (χ1) is 16.6. The van der Waals surface area contributed by atoms with Gasteiger partial charge in [-0.25, -0.2) is 8.42 Å². The molecule has 0 bridgehead atoms. The van der Waals surface area contributed by atoms with Gasteiger partial charge in [-0.15, -0.1) is 10.2 Å². The highest BCUT2D eigenvalue weighted by atomic mass is 35.5. The molecule has 0 aliphatic carbocycles. The third-order valence-electron chi connectivity index (χ3n) is 4.86. The smallest absolute Gasteiger partial charge is 0.264 e. The number of amides is 1. The van der Waals surface area contributed by atoms with Crippen molar-refractivity contribution in [2.24, 2.45) is 0 Å². The van der Waals surface area contributed by atoms with E-state index in [0.717, 1.165) is 26.8 Å². The van der Waals surface area contributed by atoms with Crippen LogP contribution in [0.25, 0.3) is 10.6 Å². The molecule has 1 amide bonds. The predicted molar refractivity (Wildman–Crippen MR) is 141 cm³/mol. The molecule has 0 saturated heterocycles. The number of hydrogen-bond acceptors (Lipinski definition) is 6. The van der Waals surface area contributed by atoms with Crippen molar-refractivity contribution >= 4 is 72.9 Å². The number of carbonyl (C=O) groups excluding carboxylic acids is 1. The van der Waals surface area contributed by atoms with Crippen molar-refractivity contribution in [1.29, 1.82) is 0 Å². The minimum absolute atomic E-state index is 0.00730. The molecular formula is C23H17Cl3N4O3S2. The van der Waals surface area contributed by atoms with E-state index in [2.05, 4.69) is 15.5 Å². The van der Waals surface area contributed by atoms with E-state index in [9.17, 15) is 13.2 Å². The van der Waals surface area contributed by atoms with Crippen molar-refractivity contribution < 1.29 is 13.2 Å². The molecule has 0 aliphatic rings. The van der Waals surface area contributed by atoms with Gasteiger partial charge in [0.2, 0.25) is 11.0 Å². The zero-order chi connectivity index (χ0) is 25.2. The summed E-state index contributed by atoms with van der Waals surface area (Å²) < 4.78 is 28.0. The molecule has 4 rings (SSSR count). The Kier molecular flexibility index (Phi) is 7.63. The van der Waals surface area contributed by atoms with E-state index in [4.69, 9.17) is 34.8 Å². The van der Waals surface area contributed by atoms with Crippen LogP contribution in [0.2, 0.25) is 15.1 Å². The standard InChI is InChI=1S/C23H17Cl3N4O3S2/c1-14-5-11-17(12-6-14)35(32,33)30(19-4-2-3-18(25)21(19)26)13-20(31)27-23-29-28-22(34-23)15-7-9-16(24)10-8-15/h2-12H,13H2,1H3,(H,27,29,31). The molecular weight excluding hydrogens is 551 g/mol. The van der Waals surface area contributed by atoms with Crippen LogP contribution in [0.3, 0.4) is 0 Å². The number of anilines is 2. The molecule has 0 radical (unpaired) electrons. The normalized spacial score (nSPS) is 11.3. The number of carbonyl (C=O) groups is 1. The fourth-order valence-electron chi connectivity index (χ4n) is 3.09. The van der Waals surface area contributed by atoms with E-state index in [-0.39, 0.29) is 25.8 Å². The first kappa shape index (κ1) is 25.4. The highest BCUT2D eigenvalue weighted by Crippen LogP contribution is 2.35. The van der Waals surface area contributed by atoms with Crippen LogP contribution in [-0.2, 0) is 14.8 Å². The lowest BCUT2D eigenvalue weighted by atomic mass is 10.2. The number of halogens is 3. The first-order valence-corrected chi connectivity index (χ1v) is 13.5. The summed E-state index contributed by atoms with van der Waals surface area (Å²) in [5, 5.41) is 12.2. The van der Waals surface area contributed by atoms with Gasteiger partial charge in [-0.2, -0.15) is 0 Å². The Morgan fingerprint density at radius 2 is 1.66 bits per heavy atom. The largest absolute Gasteiger partial charge is 0.299 e. The third kappa shape index (κ3) is 5.76. The minimum atomic E-state index is -4.16. The third-order valence-corrected chi connectivity index (χ3v) is 8.58. The molecule has 1 N–H and O–H groups in total. The molecule has 180 valence electrons. The number of aromatic nitrogens is 2. The molecule has 35 heavy (non-hydrogen) atoms. The molecule has 0 fully saturated rings. The van der Waals surface area contributed by atoms with Gasteiger partial charge in [0.15, 0.2) is 0 Å². The number of hydrogen-bond donors (Lipinski definition) is 1. The van der Waals surface area contributed by atoms with Gasteiger partial charge in [0.1, 0.15) is 11.6 Å². The molecule has 3 aromatic carbocycles. The van der Waals surface area contributed by atoms with E-state index in [1.54, 1.807) is 42.5 Å². The Balaban J connectivity index is 1.62. The minimum Gasteiger partial charge on any atom is -0.299 e. The lowest BCUT2D eigenvalue weighted by Crippen LogP contribution is -2.38. The van der Waals surface area contributed by atoms with Crippen LogP contribution in [0.4, 0.5) is 10.8 Å². The number of rotatable bonds is 7. The Hall–Kier alpha value is -2.69. The maximum atomic E-state index is 13.5. The fourth-order valence-corrected chi connectivity index (χ4v) is 5.87. The van der Waals surface area contributed by atoms with E-state index in [1.165, 1.54) is 24.3 Å². The van der Waals surface area contributed by atoms with E-state index < -0.39 is 22.5 Å². The van der Waals surface area contributed by atoms with Crippen molar-refractivity contribution in [3.63, 3.8) is 0 Å². The summed E-state index contributed by atoms with van der Waals surface area (Å²) in [6, 6.07) is 17.9. The molecule has 0 aliphatic heterocycles. The molecule has 12 heteroatoms. The highest BCUT2D eigenvalue weighted by Gasteiger charge is 2.29. The van der Waals surface area contributed by atoms with Crippen LogP contribution in [0.5, 0.6) is 0 Å². The van der Waals surface area contributed by atoms with Crippen LogP contribution in [0.15, 0.2) is 71.6 Å².